The van der Waals surface area contributed by atoms with E-state index in [1.165, 1.54) is 43.2 Å². The lowest BCUT2D eigenvalue weighted by molar-refractivity contribution is 0.669. The van der Waals surface area contributed by atoms with E-state index in [2.05, 4.69) is 127 Å². The molecule has 2 aliphatic rings. The molecule has 0 bridgehead atoms. The molecule has 1 aliphatic carbocycles. The molecule has 40 heavy (non-hydrogen) atoms. The van der Waals surface area contributed by atoms with Gasteiger partial charge in [-0.1, -0.05) is 96.7 Å². The SMILES string of the molecule is c1ccc2c(c1)Sc1ccccc1C21c2ccccc2-c2ccc(Nc3ccc4c(c3)oc3ccccc34)cc21. The van der Waals surface area contributed by atoms with Gasteiger partial charge >= 0.3 is 0 Å². The fraction of sp³-hybridized carbons (Fsp3) is 0.0270. The molecular formula is C37H23NOS. The highest BCUT2D eigenvalue weighted by atomic mass is 32.2. The third-order valence-corrected chi connectivity index (χ3v) is 9.67. The monoisotopic (exact) mass is 529 g/mol. The minimum atomic E-state index is -0.370. The standard InChI is InChI=1S/C37H23NOS/c1-3-11-29-25(9-1)26-19-17-23(38-24-18-20-28-27-10-2-6-14-33(27)39-34(28)22-24)21-32(26)37(29)30-12-4-7-15-35(30)40-36-16-8-5-13-31(36)37/h1-22,38H. The van der Waals surface area contributed by atoms with Crippen LogP contribution >= 0.6 is 11.8 Å². The maximum Gasteiger partial charge on any atom is 0.137 e. The summed E-state index contributed by atoms with van der Waals surface area (Å²) in [4.78, 5) is 2.63. The van der Waals surface area contributed by atoms with Crippen molar-refractivity contribution in [2.45, 2.75) is 15.2 Å². The van der Waals surface area contributed by atoms with Crippen molar-refractivity contribution in [2.75, 3.05) is 5.32 Å². The van der Waals surface area contributed by atoms with E-state index in [1.54, 1.807) is 0 Å². The zero-order valence-electron chi connectivity index (χ0n) is 21.5. The minimum absolute atomic E-state index is 0.370. The number of furan rings is 1. The Hall–Kier alpha value is -4.73. The summed E-state index contributed by atoms with van der Waals surface area (Å²) in [6.45, 7) is 0. The molecule has 2 nitrogen and oxygen atoms in total. The summed E-state index contributed by atoms with van der Waals surface area (Å²) in [6, 6.07) is 48.2. The quantitative estimate of drug-likeness (QED) is 0.241. The Morgan fingerprint density at radius 3 is 1.90 bits per heavy atom. The predicted octanol–water partition coefficient (Wildman–Crippen LogP) is 10.2. The molecule has 3 heteroatoms. The lowest BCUT2D eigenvalue weighted by Crippen LogP contribution is -2.31. The number of rotatable bonds is 2. The number of hydrogen-bond donors (Lipinski definition) is 1. The van der Waals surface area contributed by atoms with Crippen LogP contribution in [0.4, 0.5) is 11.4 Å². The van der Waals surface area contributed by atoms with E-state index < -0.39 is 0 Å². The molecule has 0 radical (unpaired) electrons. The van der Waals surface area contributed by atoms with Crippen molar-refractivity contribution in [1.82, 2.24) is 0 Å². The molecule has 1 aliphatic heterocycles. The Kier molecular flexibility index (Phi) is 4.50. The Balaban J connectivity index is 1.25. The van der Waals surface area contributed by atoms with Crippen LogP contribution in [0.3, 0.4) is 0 Å². The van der Waals surface area contributed by atoms with Gasteiger partial charge in [0.15, 0.2) is 0 Å². The van der Waals surface area contributed by atoms with Crippen molar-refractivity contribution >= 4 is 45.1 Å². The topological polar surface area (TPSA) is 25.2 Å². The molecule has 7 aromatic rings. The fourth-order valence-electron chi connectivity index (χ4n) is 6.90. The molecule has 0 saturated carbocycles. The van der Waals surface area contributed by atoms with Crippen LogP contribution in [0.25, 0.3) is 33.1 Å². The maximum atomic E-state index is 6.17. The first-order chi connectivity index (χ1) is 19.8. The molecule has 188 valence electrons. The number of para-hydroxylation sites is 1. The van der Waals surface area contributed by atoms with Gasteiger partial charge in [-0.2, -0.15) is 0 Å². The van der Waals surface area contributed by atoms with Gasteiger partial charge in [0.2, 0.25) is 0 Å². The van der Waals surface area contributed by atoms with Crippen molar-refractivity contribution in [3.8, 4) is 11.1 Å². The van der Waals surface area contributed by atoms with Crippen LogP contribution in [0.2, 0.25) is 0 Å². The molecule has 0 atom stereocenters. The molecule has 0 saturated heterocycles. The zero-order valence-corrected chi connectivity index (χ0v) is 22.3. The second-order valence-corrected chi connectivity index (χ2v) is 11.7. The third-order valence-electron chi connectivity index (χ3n) is 8.51. The molecule has 1 aromatic heterocycles. The summed E-state index contributed by atoms with van der Waals surface area (Å²) in [5, 5.41) is 5.99. The average molecular weight is 530 g/mol. The molecule has 0 amide bonds. The van der Waals surface area contributed by atoms with Gasteiger partial charge in [0.1, 0.15) is 11.2 Å². The molecule has 6 aromatic carbocycles. The molecule has 2 heterocycles. The minimum Gasteiger partial charge on any atom is -0.456 e. The highest BCUT2D eigenvalue weighted by Gasteiger charge is 2.50. The van der Waals surface area contributed by atoms with Gasteiger partial charge in [-0.15, -0.1) is 0 Å². The van der Waals surface area contributed by atoms with E-state index in [-0.39, 0.29) is 5.41 Å². The lowest BCUT2D eigenvalue weighted by Gasteiger charge is -2.39. The molecular weight excluding hydrogens is 506 g/mol. The van der Waals surface area contributed by atoms with Gasteiger partial charge in [-0.25, -0.2) is 0 Å². The van der Waals surface area contributed by atoms with E-state index in [4.69, 9.17) is 4.42 Å². The second kappa shape index (κ2) is 8.14. The first-order valence-corrected chi connectivity index (χ1v) is 14.4. The lowest BCUT2D eigenvalue weighted by atomic mass is 9.67. The first kappa shape index (κ1) is 22.1. The summed E-state index contributed by atoms with van der Waals surface area (Å²) in [7, 11) is 0. The van der Waals surface area contributed by atoms with Gasteiger partial charge in [0, 0.05) is 38.0 Å². The zero-order chi connectivity index (χ0) is 26.3. The van der Waals surface area contributed by atoms with Crippen molar-refractivity contribution in [3.05, 3.63) is 156 Å². The van der Waals surface area contributed by atoms with Crippen molar-refractivity contribution in [2.24, 2.45) is 0 Å². The molecule has 9 rings (SSSR count). The van der Waals surface area contributed by atoms with Gasteiger partial charge < -0.3 is 9.73 Å². The summed E-state index contributed by atoms with van der Waals surface area (Å²) >= 11 is 1.88. The molecule has 1 spiro atoms. The molecule has 0 unspecified atom stereocenters. The van der Waals surface area contributed by atoms with Crippen LogP contribution in [-0.2, 0) is 5.41 Å². The van der Waals surface area contributed by atoms with Gasteiger partial charge in [-0.3, -0.25) is 0 Å². The van der Waals surface area contributed by atoms with Crippen molar-refractivity contribution in [1.29, 1.82) is 0 Å². The summed E-state index contributed by atoms with van der Waals surface area (Å²) < 4.78 is 6.17. The van der Waals surface area contributed by atoms with Gasteiger partial charge in [-0.05, 0) is 75.8 Å². The number of benzene rings is 6. The average Bonchev–Trinajstić information content (AvgIpc) is 3.51. The van der Waals surface area contributed by atoms with Crippen LogP contribution in [0, 0.1) is 0 Å². The Labute approximate surface area is 236 Å². The van der Waals surface area contributed by atoms with E-state index in [0.29, 0.717) is 0 Å². The van der Waals surface area contributed by atoms with E-state index >= 15 is 0 Å². The summed E-state index contributed by atoms with van der Waals surface area (Å²) in [6.07, 6.45) is 0. The predicted molar refractivity (Wildman–Crippen MR) is 165 cm³/mol. The number of fused-ring (bicyclic) bond motifs is 12. The van der Waals surface area contributed by atoms with Crippen molar-refractivity contribution in [3.63, 3.8) is 0 Å². The van der Waals surface area contributed by atoms with Crippen LogP contribution in [0.5, 0.6) is 0 Å². The maximum absolute atomic E-state index is 6.17. The second-order valence-electron chi connectivity index (χ2n) is 10.6. The first-order valence-electron chi connectivity index (χ1n) is 13.6. The smallest absolute Gasteiger partial charge is 0.137 e. The Morgan fingerprint density at radius 1 is 0.475 bits per heavy atom. The Morgan fingerprint density at radius 2 is 1.07 bits per heavy atom. The fourth-order valence-corrected chi connectivity index (χ4v) is 8.09. The van der Waals surface area contributed by atoms with Crippen LogP contribution in [0.15, 0.2) is 148 Å². The summed E-state index contributed by atoms with van der Waals surface area (Å²) in [5.74, 6) is 0. The van der Waals surface area contributed by atoms with E-state index in [9.17, 15) is 0 Å². The van der Waals surface area contributed by atoms with Crippen LogP contribution in [0.1, 0.15) is 22.3 Å². The number of nitrogens with one attached hydrogen (secondary N) is 1. The largest absolute Gasteiger partial charge is 0.456 e. The third kappa shape index (κ3) is 2.90. The van der Waals surface area contributed by atoms with Gasteiger partial charge in [0.25, 0.3) is 0 Å². The van der Waals surface area contributed by atoms with Crippen LogP contribution < -0.4 is 5.32 Å². The van der Waals surface area contributed by atoms with E-state index in [1.807, 2.05) is 23.9 Å². The Bertz CT molecular complexity index is 2090. The normalized spacial score (nSPS) is 14.1. The highest BCUT2D eigenvalue weighted by molar-refractivity contribution is 7.99. The van der Waals surface area contributed by atoms with Crippen LogP contribution in [-0.4, -0.2) is 0 Å². The summed E-state index contributed by atoms with van der Waals surface area (Å²) in [5.41, 5.74) is 11.5. The number of anilines is 2. The van der Waals surface area contributed by atoms with Gasteiger partial charge in [0.05, 0.1) is 5.41 Å². The highest BCUT2D eigenvalue weighted by Crippen LogP contribution is 2.62. The molecule has 1 N–H and O–H groups in total. The number of hydrogen-bond acceptors (Lipinski definition) is 3. The van der Waals surface area contributed by atoms with E-state index in [0.717, 1.165) is 33.3 Å². The molecule has 0 fully saturated rings. The van der Waals surface area contributed by atoms with Crippen molar-refractivity contribution < 1.29 is 4.42 Å².